The van der Waals surface area contributed by atoms with Gasteiger partial charge in [0.25, 0.3) is 6.43 Å². The topological polar surface area (TPSA) is 49.4 Å². The van der Waals surface area contributed by atoms with Gasteiger partial charge >= 0.3 is 0 Å². The lowest BCUT2D eigenvalue weighted by Crippen LogP contribution is -2.44. The highest BCUT2D eigenvalue weighted by Crippen LogP contribution is 2.19. The van der Waals surface area contributed by atoms with Gasteiger partial charge in [-0.3, -0.25) is 14.5 Å². The summed E-state index contributed by atoms with van der Waals surface area (Å²) < 4.78 is 24.7. The number of nitrogens with one attached hydrogen (secondary N) is 1. The van der Waals surface area contributed by atoms with Crippen LogP contribution in [0.3, 0.4) is 0 Å². The number of carbonyl (C=O) groups is 2. The van der Waals surface area contributed by atoms with Crippen molar-refractivity contribution in [2.45, 2.75) is 38.7 Å². The summed E-state index contributed by atoms with van der Waals surface area (Å²) in [7, 11) is 0. The van der Waals surface area contributed by atoms with E-state index < -0.39 is 6.43 Å². The Morgan fingerprint density at radius 1 is 1.39 bits per heavy atom. The number of rotatable bonds is 7. The third kappa shape index (κ3) is 5.66. The Balaban J connectivity index is 1.73. The van der Waals surface area contributed by atoms with E-state index in [2.05, 4.69) is 5.32 Å². The van der Waals surface area contributed by atoms with E-state index in [9.17, 15) is 18.4 Å². The Bertz CT molecular complexity index is 514. The summed E-state index contributed by atoms with van der Waals surface area (Å²) in [6.07, 6.45) is -0.881. The zero-order chi connectivity index (χ0) is 16.8. The van der Waals surface area contributed by atoms with Crippen molar-refractivity contribution in [3.05, 3.63) is 22.4 Å². The van der Waals surface area contributed by atoms with Gasteiger partial charge in [-0.05, 0) is 44.3 Å². The lowest BCUT2D eigenvalue weighted by atomic mass is 9.95. The first-order valence-corrected chi connectivity index (χ1v) is 8.71. The van der Waals surface area contributed by atoms with Gasteiger partial charge in [-0.15, -0.1) is 11.3 Å². The van der Waals surface area contributed by atoms with Crippen LogP contribution >= 0.6 is 11.3 Å². The Hall–Kier alpha value is -1.34. The van der Waals surface area contributed by atoms with E-state index in [1.54, 1.807) is 11.0 Å². The highest BCUT2D eigenvalue weighted by Gasteiger charge is 2.27. The number of halogens is 2. The van der Waals surface area contributed by atoms with Crippen molar-refractivity contribution in [2.24, 2.45) is 5.92 Å². The molecule has 4 nitrogen and oxygen atoms in total. The van der Waals surface area contributed by atoms with E-state index in [0.717, 1.165) is 0 Å². The molecule has 0 spiro atoms. The molecule has 2 rings (SSSR count). The van der Waals surface area contributed by atoms with Crippen LogP contribution in [0.4, 0.5) is 8.78 Å². The minimum absolute atomic E-state index is 0.0274. The van der Waals surface area contributed by atoms with Crippen LogP contribution in [0, 0.1) is 5.92 Å². The van der Waals surface area contributed by atoms with E-state index in [1.165, 1.54) is 11.3 Å². The highest BCUT2D eigenvalue weighted by molar-refractivity contribution is 7.12. The predicted octanol–water partition coefficient (Wildman–Crippen LogP) is 2.80. The Morgan fingerprint density at radius 2 is 2.09 bits per heavy atom. The predicted molar refractivity (Wildman–Crippen MR) is 86.0 cm³/mol. The van der Waals surface area contributed by atoms with E-state index in [-0.39, 0.29) is 36.6 Å². The molecule has 128 valence electrons. The monoisotopic (exact) mass is 344 g/mol. The zero-order valence-corrected chi connectivity index (χ0v) is 14.0. The van der Waals surface area contributed by atoms with E-state index in [0.29, 0.717) is 30.8 Å². The SMILES string of the molecule is CC(CC(=O)c1cccs1)NC(=O)C1CCN(CC(F)F)CC1. The number of likely N-dealkylation sites (tertiary alicyclic amines) is 1. The summed E-state index contributed by atoms with van der Waals surface area (Å²) in [5.41, 5.74) is 0. The largest absolute Gasteiger partial charge is 0.353 e. The standard InChI is InChI=1S/C16H22F2N2O2S/c1-11(9-13(21)14-3-2-8-23-14)19-16(22)12-4-6-20(7-5-12)10-15(17)18/h2-3,8,11-12,15H,4-7,9-10H2,1H3,(H,19,22). The molecule has 1 aromatic heterocycles. The third-order valence-electron chi connectivity index (χ3n) is 4.03. The summed E-state index contributed by atoms with van der Waals surface area (Å²) in [6, 6.07) is 3.38. The molecule has 1 saturated heterocycles. The average Bonchev–Trinajstić information content (AvgIpc) is 3.01. The lowest BCUT2D eigenvalue weighted by molar-refractivity contribution is -0.127. The Kier molecular flexibility index (Phi) is 6.65. The summed E-state index contributed by atoms with van der Waals surface area (Å²) >= 11 is 1.40. The molecule has 7 heteroatoms. The van der Waals surface area contributed by atoms with Gasteiger partial charge in [0, 0.05) is 18.4 Å². The van der Waals surface area contributed by atoms with Crippen LogP contribution < -0.4 is 5.32 Å². The fraction of sp³-hybridized carbons (Fsp3) is 0.625. The smallest absolute Gasteiger partial charge is 0.251 e. The maximum Gasteiger partial charge on any atom is 0.251 e. The number of ketones is 1. The molecule has 1 unspecified atom stereocenters. The first kappa shape index (κ1) is 18.0. The second-order valence-electron chi connectivity index (χ2n) is 5.98. The van der Waals surface area contributed by atoms with E-state index >= 15 is 0 Å². The van der Waals surface area contributed by atoms with Crippen LogP contribution in [-0.4, -0.2) is 48.7 Å². The number of hydrogen-bond acceptors (Lipinski definition) is 4. The Labute approximate surface area is 138 Å². The first-order valence-electron chi connectivity index (χ1n) is 7.83. The maximum atomic E-state index is 12.3. The molecule has 1 aliphatic heterocycles. The average molecular weight is 344 g/mol. The molecule has 0 aromatic carbocycles. The van der Waals surface area contributed by atoms with Crippen molar-refractivity contribution < 1.29 is 18.4 Å². The molecule has 1 amide bonds. The van der Waals surface area contributed by atoms with Crippen LogP contribution in [0.1, 0.15) is 35.9 Å². The van der Waals surface area contributed by atoms with Crippen LogP contribution in [0.5, 0.6) is 0 Å². The normalized spacial score (nSPS) is 18.1. The molecule has 1 N–H and O–H groups in total. The fourth-order valence-electron chi connectivity index (χ4n) is 2.80. The van der Waals surface area contributed by atoms with Crippen molar-refractivity contribution in [3.63, 3.8) is 0 Å². The quantitative estimate of drug-likeness (QED) is 0.774. The molecule has 1 aromatic rings. The number of nitrogens with zero attached hydrogens (tertiary/aromatic N) is 1. The molecule has 0 bridgehead atoms. The molecule has 2 heterocycles. The minimum atomic E-state index is -2.33. The van der Waals surface area contributed by atoms with Gasteiger partial charge < -0.3 is 5.32 Å². The number of hydrogen-bond donors (Lipinski definition) is 1. The van der Waals surface area contributed by atoms with Crippen LogP contribution in [0.15, 0.2) is 17.5 Å². The molecule has 1 atom stereocenters. The molecule has 0 aliphatic carbocycles. The van der Waals surface area contributed by atoms with Gasteiger partial charge in [0.05, 0.1) is 11.4 Å². The minimum Gasteiger partial charge on any atom is -0.353 e. The molecule has 0 radical (unpaired) electrons. The van der Waals surface area contributed by atoms with Crippen molar-refractivity contribution >= 4 is 23.0 Å². The second kappa shape index (κ2) is 8.49. The van der Waals surface area contributed by atoms with Gasteiger partial charge in [-0.2, -0.15) is 0 Å². The maximum absolute atomic E-state index is 12.3. The summed E-state index contributed by atoms with van der Waals surface area (Å²) in [5.74, 6) is -0.198. The number of thiophene rings is 1. The number of amides is 1. The van der Waals surface area contributed by atoms with Crippen molar-refractivity contribution in [3.8, 4) is 0 Å². The highest BCUT2D eigenvalue weighted by atomic mass is 32.1. The fourth-order valence-corrected chi connectivity index (χ4v) is 3.48. The van der Waals surface area contributed by atoms with E-state index in [1.807, 2.05) is 18.4 Å². The van der Waals surface area contributed by atoms with Crippen molar-refractivity contribution in [2.75, 3.05) is 19.6 Å². The van der Waals surface area contributed by atoms with Crippen LogP contribution in [0.2, 0.25) is 0 Å². The van der Waals surface area contributed by atoms with Gasteiger partial charge in [-0.1, -0.05) is 6.07 Å². The van der Waals surface area contributed by atoms with Gasteiger partial charge in [0.2, 0.25) is 5.91 Å². The lowest BCUT2D eigenvalue weighted by Gasteiger charge is -2.31. The molecule has 1 aliphatic rings. The van der Waals surface area contributed by atoms with Crippen molar-refractivity contribution in [1.29, 1.82) is 0 Å². The number of alkyl halides is 2. The summed E-state index contributed by atoms with van der Waals surface area (Å²) in [6.45, 7) is 2.63. The second-order valence-corrected chi connectivity index (χ2v) is 6.93. The van der Waals surface area contributed by atoms with Crippen LogP contribution in [-0.2, 0) is 4.79 Å². The number of carbonyl (C=O) groups excluding carboxylic acids is 2. The third-order valence-corrected chi connectivity index (χ3v) is 4.94. The molecule has 0 saturated carbocycles. The molecular formula is C16H22F2N2O2S. The van der Waals surface area contributed by atoms with Crippen molar-refractivity contribution in [1.82, 2.24) is 10.2 Å². The van der Waals surface area contributed by atoms with Gasteiger partial charge in [0.15, 0.2) is 5.78 Å². The molecule has 23 heavy (non-hydrogen) atoms. The zero-order valence-electron chi connectivity index (χ0n) is 13.1. The van der Waals surface area contributed by atoms with Crippen LogP contribution in [0.25, 0.3) is 0 Å². The van der Waals surface area contributed by atoms with Gasteiger partial charge in [0.1, 0.15) is 0 Å². The number of Topliss-reactive ketones (excluding diaryl/α,β-unsaturated/α-hetero) is 1. The van der Waals surface area contributed by atoms with E-state index in [4.69, 9.17) is 0 Å². The molecular weight excluding hydrogens is 322 g/mol. The Morgan fingerprint density at radius 3 is 2.65 bits per heavy atom. The first-order chi connectivity index (χ1) is 11.0. The summed E-state index contributed by atoms with van der Waals surface area (Å²) in [5, 5.41) is 4.73. The molecule has 1 fully saturated rings. The summed E-state index contributed by atoms with van der Waals surface area (Å²) in [4.78, 5) is 26.6. The number of piperidine rings is 1. The van der Waals surface area contributed by atoms with Gasteiger partial charge in [-0.25, -0.2) is 8.78 Å².